The molecule has 6 nitrogen and oxygen atoms in total. The summed E-state index contributed by atoms with van der Waals surface area (Å²) in [7, 11) is 0. The van der Waals surface area contributed by atoms with Gasteiger partial charge in [0.25, 0.3) is 0 Å². The van der Waals surface area contributed by atoms with Crippen molar-refractivity contribution < 1.29 is 35.9 Å². The maximum absolute atomic E-state index is 13.5. The number of ether oxygens (including phenoxy) is 1. The Bertz CT molecular complexity index is 1420. The minimum absolute atomic E-state index is 0.0290. The molecular formula is C24H16F6N4O2. The molecule has 0 unspecified atom stereocenters. The molecule has 0 aliphatic carbocycles. The summed E-state index contributed by atoms with van der Waals surface area (Å²) in [6.07, 6.45) is -7.91. The quantitative estimate of drug-likeness (QED) is 0.245. The van der Waals surface area contributed by atoms with E-state index >= 15 is 0 Å². The van der Waals surface area contributed by atoms with Crippen LogP contribution in [0.4, 0.5) is 37.8 Å². The van der Waals surface area contributed by atoms with Crippen molar-refractivity contribution in [3.05, 3.63) is 77.7 Å². The van der Waals surface area contributed by atoms with Crippen LogP contribution in [-0.2, 0) is 28.5 Å². The van der Waals surface area contributed by atoms with E-state index < -0.39 is 29.4 Å². The van der Waals surface area contributed by atoms with E-state index in [2.05, 4.69) is 20.3 Å². The Balaban J connectivity index is 1.79. The van der Waals surface area contributed by atoms with E-state index in [4.69, 9.17) is 4.74 Å². The van der Waals surface area contributed by atoms with E-state index in [0.29, 0.717) is 5.39 Å². The van der Waals surface area contributed by atoms with Gasteiger partial charge in [-0.15, -0.1) is 0 Å². The highest BCUT2D eigenvalue weighted by Gasteiger charge is 2.34. The lowest BCUT2D eigenvalue weighted by Crippen LogP contribution is -2.09. The highest BCUT2D eigenvalue weighted by molar-refractivity contribution is 5.93. The molecule has 0 saturated heterocycles. The molecule has 2 aromatic carbocycles. The predicted octanol–water partition coefficient (Wildman–Crippen LogP) is 6.54. The predicted molar refractivity (Wildman–Crippen MR) is 118 cm³/mol. The number of alkyl halides is 6. The van der Waals surface area contributed by atoms with Gasteiger partial charge in [-0.3, -0.25) is 9.78 Å². The van der Waals surface area contributed by atoms with Crippen LogP contribution in [0.1, 0.15) is 23.9 Å². The van der Waals surface area contributed by atoms with Crippen molar-refractivity contribution in [2.75, 3.05) is 5.32 Å². The molecule has 2 aromatic heterocycles. The highest BCUT2D eigenvalue weighted by Crippen LogP contribution is 2.37. The lowest BCUT2D eigenvalue weighted by atomic mass is 10.0. The molecule has 4 rings (SSSR count). The summed E-state index contributed by atoms with van der Waals surface area (Å²) in [6, 6.07) is 10.6. The number of halogens is 6. The van der Waals surface area contributed by atoms with E-state index in [-0.39, 0.29) is 40.7 Å². The summed E-state index contributed by atoms with van der Waals surface area (Å²) in [5.41, 5.74) is -1.46. The molecule has 186 valence electrons. The van der Waals surface area contributed by atoms with Crippen LogP contribution >= 0.6 is 0 Å². The van der Waals surface area contributed by atoms with Crippen molar-refractivity contribution >= 4 is 28.4 Å². The molecule has 0 saturated carbocycles. The number of nitrogens with one attached hydrogen (secondary N) is 1. The number of carbonyl (C=O) groups excluding carboxylic acids is 1. The van der Waals surface area contributed by atoms with Crippen LogP contribution in [0.25, 0.3) is 22.2 Å². The second-order valence-electron chi connectivity index (χ2n) is 7.60. The monoisotopic (exact) mass is 506 g/mol. The number of rotatable bonds is 5. The fourth-order valence-electron chi connectivity index (χ4n) is 3.39. The van der Waals surface area contributed by atoms with E-state index in [1.165, 1.54) is 49.5 Å². The van der Waals surface area contributed by atoms with Crippen molar-refractivity contribution in [1.29, 1.82) is 0 Å². The zero-order valence-electron chi connectivity index (χ0n) is 18.4. The molecule has 12 heteroatoms. The number of hydrogen-bond acceptors (Lipinski definition) is 6. The molecule has 0 aliphatic heterocycles. The number of benzene rings is 2. The number of esters is 1. The van der Waals surface area contributed by atoms with Crippen molar-refractivity contribution in [3.8, 4) is 11.3 Å². The Morgan fingerprint density at radius 3 is 2.31 bits per heavy atom. The first-order valence-electron chi connectivity index (χ1n) is 10.3. The smallest absolute Gasteiger partial charge is 0.418 e. The summed E-state index contributed by atoms with van der Waals surface area (Å²) >= 11 is 0. The Hall–Kier alpha value is -4.22. The number of aromatic nitrogens is 3. The van der Waals surface area contributed by atoms with Gasteiger partial charge in [-0.2, -0.15) is 26.3 Å². The Labute approximate surface area is 200 Å². The second kappa shape index (κ2) is 9.44. The van der Waals surface area contributed by atoms with Gasteiger partial charge in [0.2, 0.25) is 0 Å². The van der Waals surface area contributed by atoms with Crippen molar-refractivity contribution in [2.45, 2.75) is 25.9 Å². The van der Waals surface area contributed by atoms with Gasteiger partial charge >= 0.3 is 18.3 Å². The van der Waals surface area contributed by atoms with Crippen LogP contribution in [0.2, 0.25) is 0 Å². The van der Waals surface area contributed by atoms with Crippen molar-refractivity contribution in [1.82, 2.24) is 15.0 Å². The van der Waals surface area contributed by atoms with E-state index in [0.717, 1.165) is 18.2 Å². The molecule has 0 spiro atoms. The molecular weight excluding hydrogens is 490 g/mol. The van der Waals surface area contributed by atoms with E-state index in [1.54, 1.807) is 0 Å². The first-order chi connectivity index (χ1) is 16.9. The summed E-state index contributed by atoms with van der Waals surface area (Å²) in [5, 5.41) is 3.26. The Morgan fingerprint density at radius 1 is 0.944 bits per heavy atom. The van der Waals surface area contributed by atoms with Gasteiger partial charge in [-0.05, 0) is 48.5 Å². The van der Waals surface area contributed by atoms with Gasteiger partial charge in [0.05, 0.1) is 22.3 Å². The minimum atomic E-state index is -4.64. The SMILES string of the molecule is CC(=O)OCc1nc(Nc2ccc(C(F)(F)F)cc2)c2ccc(-c3ncccc3C(F)(F)F)cc2n1. The van der Waals surface area contributed by atoms with Gasteiger partial charge < -0.3 is 10.1 Å². The van der Waals surface area contributed by atoms with Crippen LogP contribution in [0.3, 0.4) is 0 Å². The lowest BCUT2D eigenvalue weighted by molar-refractivity contribution is -0.142. The minimum Gasteiger partial charge on any atom is -0.458 e. The van der Waals surface area contributed by atoms with Crippen LogP contribution in [0.15, 0.2) is 60.8 Å². The second-order valence-corrected chi connectivity index (χ2v) is 7.60. The van der Waals surface area contributed by atoms with Gasteiger partial charge in [0.1, 0.15) is 5.82 Å². The van der Waals surface area contributed by atoms with Crippen LogP contribution in [0, 0.1) is 0 Å². The lowest BCUT2D eigenvalue weighted by Gasteiger charge is -2.14. The molecule has 0 fully saturated rings. The van der Waals surface area contributed by atoms with Gasteiger partial charge in [-0.25, -0.2) is 9.97 Å². The summed E-state index contributed by atoms with van der Waals surface area (Å²) in [6.45, 7) is 0.856. The standard InChI is InChI=1S/C24H16F6N4O2/c1-13(35)36-12-20-33-19-11-14(21-18(24(28,29)30)3-2-10-31-21)4-9-17(19)22(34-20)32-16-7-5-15(6-8-16)23(25,26)27/h2-11H,12H2,1H3,(H,32,33,34). The zero-order valence-corrected chi connectivity index (χ0v) is 18.4. The molecule has 4 aromatic rings. The number of anilines is 2. The van der Waals surface area contributed by atoms with Crippen LogP contribution < -0.4 is 5.32 Å². The summed E-state index contributed by atoms with van der Waals surface area (Å²) in [4.78, 5) is 23.7. The van der Waals surface area contributed by atoms with Gasteiger partial charge in [0, 0.05) is 29.8 Å². The summed E-state index contributed by atoms with van der Waals surface area (Å²) < 4.78 is 84.1. The number of pyridine rings is 1. The third-order valence-corrected chi connectivity index (χ3v) is 5.01. The van der Waals surface area contributed by atoms with E-state index in [1.807, 2.05) is 0 Å². The number of fused-ring (bicyclic) bond motifs is 1. The fourth-order valence-corrected chi connectivity index (χ4v) is 3.39. The molecule has 0 aliphatic rings. The third-order valence-electron chi connectivity index (χ3n) is 5.01. The number of carbonyl (C=O) groups is 1. The maximum Gasteiger partial charge on any atom is 0.418 e. The largest absolute Gasteiger partial charge is 0.458 e. The highest BCUT2D eigenvalue weighted by atomic mass is 19.4. The van der Waals surface area contributed by atoms with Gasteiger partial charge in [0.15, 0.2) is 12.4 Å². The first-order valence-corrected chi connectivity index (χ1v) is 10.3. The molecule has 0 radical (unpaired) electrons. The normalized spacial score (nSPS) is 12.0. The number of hydrogen-bond donors (Lipinski definition) is 1. The maximum atomic E-state index is 13.5. The van der Waals surface area contributed by atoms with Crippen molar-refractivity contribution in [2.24, 2.45) is 0 Å². The molecule has 0 amide bonds. The van der Waals surface area contributed by atoms with E-state index in [9.17, 15) is 31.1 Å². The van der Waals surface area contributed by atoms with Crippen molar-refractivity contribution in [3.63, 3.8) is 0 Å². The third kappa shape index (κ3) is 5.53. The van der Waals surface area contributed by atoms with Crippen LogP contribution in [0.5, 0.6) is 0 Å². The molecule has 1 N–H and O–H groups in total. The van der Waals surface area contributed by atoms with Gasteiger partial charge in [-0.1, -0.05) is 6.07 Å². The fraction of sp³-hybridized carbons (Fsp3) is 0.167. The number of nitrogens with zero attached hydrogens (tertiary/aromatic N) is 3. The Morgan fingerprint density at radius 2 is 1.67 bits per heavy atom. The average Bonchev–Trinajstić information content (AvgIpc) is 2.81. The topological polar surface area (TPSA) is 77.0 Å². The molecule has 0 bridgehead atoms. The Kier molecular flexibility index (Phi) is 6.53. The first kappa shape index (κ1) is 24.9. The zero-order chi connectivity index (χ0) is 26.1. The summed E-state index contributed by atoms with van der Waals surface area (Å²) in [5.74, 6) is -0.417. The average molecular weight is 506 g/mol. The molecule has 2 heterocycles. The van der Waals surface area contributed by atoms with Crippen LogP contribution in [-0.4, -0.2) is 20.9 Å². The molecule has 0 atom stereocenters. The molecule has 36 heavy (non-hydrogen) atoms.